The highest BCUT2D eigenvalue weighted by Gasteiger charge is 2.08. The Labute approximate surface area is 192 Å². The van der Waals surface area contributed by atoms with E-state index in [0.717, 1.165) is 20.8 Å². The Hall–Kier alpha value is -3.69. The molecule has 0 fully saturated rings. The van der Waals surface area contributed by atoms with Gasteiger partial charge in [0.05, 0.1) is 18.1 Å². The van der Waals surface area contributed by atoms with Crippen molar-refractivity contribution in [2.75, 3.05) is 23.1 Å². The topological polar surface area (TPSA) is 108 Å². The first-order chi connectivity index (χ1) is 15.5. The van der Waals surface area contributed by atoms with Crippen LogP contribution in [0.5, 0.6) is 0 Å². The molecule has 0 atom stereocenters. The van der Waals surface area contributed by atoms with Crippen molar-refractivity contribution in [3.05, 3.63) is 71.8 Å². The zero-order valence-corrected chi connectivity index (χ0v) is 18.4. The van der Waals surface area contributed by atoms with E-state index in [9.17, 15) is 9.59 Å². The van der Waals surface area contributed by atoms with Crippen molar-refractivity contribution in [1.82, 2.24) is 9.97 Å². The summed E-state index contributed by atoms with van der Waals surface area (Å²) in [5.74, 6) is 0.321. The van der Waals surface area contributed by atoms with Gasteiger partial charge in [0, 0.05) is 26.2 Å². The van der Waals surface area contributed by atoms with E-state index in [1.165, 1.54) is 7.11 Å². The average molecular weight is 468 g/mol. The number of hydrogen-bond acceptors (Lipinski definition) is 5. The highest BCUT2D eigenvalue weighted by molar-refractivity contribution is 7.99. The molecule has 0 spiro atoms. The van der Waals surface area contributed by atoms with Gasteiger partial charge in [0.2, 0.25) is 5.95 Å². The van der Waals surface area contributed by atoms with Crippen molar-refractivity contribution in [3.63, 3.8) is 0 Å². The zero-order valence-electron chi connectivity index (χ0n) is 16.8. The van der Waals surface area contributed by atoms with Crippen LogP contribution in [-0.2, 0) is 4.74 Å². The van der Waals surface area contributed by atoms with Gasteiger partial charge in [-0.25, -0.2) is 14.6 Å². The molecule has 162 valence electrons. The van der Waals surface area contributed by atoms with Gasteiger partial charge in [0.1, 0.15) is 0 Å². The lowest BCUT2D eigenvalue weighted by molar-refractivity contribution is 0.186. The summed E-state index contributed by atoms with van der Waals surface area (Å²) in [5.41, 5.74) is 2.84. The second-order valence-electron chi connectivity index (χ2n) is 6.59. The second kappa shape index (κ2) is 9.63. The minimum absolute atomic E-state index is 0.321. The van der Waals surface area contributed by atoms with E-state index in [1.807, 2.05) is 42.5 Å². The van der Waals surface area contributed by atoms with Crippen LogP contribution < -0.4 is 16.0 Å². The second-order valence-corrected chi connectivity index (χ2v) is 8.18. The molecule has 1 heterocycles. The highest BCUT2D eigenvalue weighted by atomic mass is 35.5. The number of imidazole rings is 1. The fourth-order valence-electron chi connectivity index (χ4n) is 2.83. The minimum Gasteiger partial charge on any atom is -0.453 e. The Morgan fingerprint density at radius 1 is 0.906 bits per heavy atom. The Morgan fingerprint density at radius 2 is 1.53 bits per heavy atom. The van der Waals surface area contributed by atoms with Gasteiger partial charge in [-0.3, -0.25) is 5.32 Å². The van der Waals surface area contributed by atoms with Gasteiger partial charge in [-0.1, -0.05) is 23.4 Å². The Balaban J connectivity index is 1.37. The van der Waals surface area contributed by atoms with E-state index in [0.29, 0.717) is 22.3 Å². The first-order valence-electron chi connectivity index (χ1n) is 9.45. The van der Waals surface area contributed by atoms with Gasteiger partial charge < -0.3 is 20.4 Å². The Morgan fingerprint density at radius 3 is 2.19 bits per heavy atom. The molecular weight excluding hydrogens is 450 g/mol. The monoisotopic (exact) mass is 467 g/mol. The van der Waals surface area contributed by atoms with Gasteiger partial charge in [-0.15, -0.1) is 0 Å². The predicted molar refractivity (Wildman–Crippen MR) is 127 cm³/mol. The number of aromatic amines is 1. The number of urea groups is 1. The van der Waals surface area contributed by atoms with Crippen LogP contribution in [-0.4, -0.2) is 29.2 Å². The van der Waals surface area contributed by atoms with Crippen LogP contribution >= 0.6 is 23.4 Å². The normalized spacial score (nSPS) is 10.6. The number of ether oxygens (including phenoxy) is 1. The van der Waals surface area contributed by atoms with Gasteiger partial charge in [-0.2, -0.15) is 0 Å². The molecule has 1 aromatic heterocycles. The summed E-state index contributed by atoms with van der Waals surface area (Å²) in [6.07, 6.45) is -0.589. The molecule has 4 rings (SSSR count). The standard InChI is InChI=1S/C22H18ClN5O3S/c1-31-22(30)28-20-26-18-11-10-17(12-19(18)27-20)32-16-8-6-15(7-9-16)25-21(29)24-14-4-2-13(23)3-5-14/h2-12H,1H3,(H2,24,25,29)(H2,26,27,28,30). The number of rotatable bonds is 5. The average Bonchev–Trinajstić information content (AvgIpc) is 3.18. The van der Waals surface area contributed by atoms with Crippen molar-refractivity contribution in [2.24, 2.45) is 0 Å². The number of nitrogens with zero attached hydrogens (tertiary/aromatic N) is 1. The number of H-pyrrole nitrogens is 1. The molecule has 0 aliphatic heterocycles. The molecule has 3 amide bonds. The number of aromatic nitrogens is 2. The van der Waals surface area contributed by atoms with Crippen molar-refractivity contribution in [2.45, 2.75) is 9.79 Å². The molecule has 0 radical (unpaired) electrons. The number of carbonyl (C=O) groups is 2. The van der Waals surface area contributed by atoms with E-state index in [1.54, 1.807) is 36.0 Å². The number of benzene rings is 3. The number of nitrogens with one attached hydrogen (secondary N) is 4. The summed E-state index contributed by atoms with van der Waals surface area (Å²) in [4.78, 5) is 32.8. The smallest absolute Gasteiger partial charge is 0.413 e. The zero-order chi connectivity index (χ0) is 22.5. The summed E-state index contributed by atoms with van der Waals surface area (Å²) in [6, 6.07) is 19.8. The number of carbonyl (C=O) groups excluding carboxylic acids is 2. The molecule has 0 aliphatic carbocycles. The number of anilines is 3. The van der Waals surface area contributed by atoms with E-state index in [-0.39, 0.29) is 6.03 Å². The lowest BCUT2D eigenvalue weighted by Gasteiger charge is -2.08. The number of hydrogen-bond donors (Lipinski definition) is 4. The molecule has 0 aliphatic rings. The molecule has 4 N–H and O–H groups in total. The quantitative estimate of drug-likeness (QED) is 0.280. The summed E-state index contributed by atoms with van der Waals surface area (Å²) in [7, 11) is 1.29. The summed E-state index contributed by atoms with van der Waals surface area (Å²) < 4.78 is 4.57. The van der Waals surface area contributed by atoms with E-state index < -0.39 is 6.09 Å². The van der Waals surface area contributed by atoms with Crippen LogP contribution in [0.15, 0.2) is 76.5 Å². The van der Waals surface area contributed by atoms with Crippen LogP contribution in [0.3, 0.4) is 0 Å². The van der Waals surface area contributed by atoms with Crippen molar-refractivity contribution in [3.8, 4) is 0 Å². The maximum absolute atomic E-state index is 12.2. The molecule has 4 aromatic rings. The maximum Gasteiger partial charge on any atom is 0.413 e. The molecule has 0 saturated carbocycles. The van der Waals surface area contributed by atoms with E-state index >= 15 is 0 Å². The first kappa shape index (κ1) is 21.5. The third-order valence-electron chi connectivity index (χ3n) is 4.31. The minimum atomic E-state index is -0.589. The number of fused-ring (bicyclic) bond motifs is 1. The molecule has 32 heavy (non-hydrogen) atoms. The van der Waals surface area contributed by atoms with Crippen LogP contribution in [0.25, 0.3) is 11.0 Å². The summed E-state index contributed by atoms with van der Waals surface area (Å²) >= 11 is 7.41. The SMILES string of the molecule is COC(=O)Nc1nc2ccc(Sc3ccc(NC(=O)Nc4ccc(Cl)cc4)cc3)cc2[nH]1. The van der Waals surface area contributed by atoms with Gasteiger partial charge in [0.15, 0.2) is 0 Å². The van der Waals surface area contributed by atoms with Crippen LogP contribution in [0, 0.1) is 0 Å². The highest BCUT2D eigenvalue weighted by Crippen LogP contribution is 2.30. The maximum atomic E-state index is 12.2. The van der Waals surface area contributed by atoms with Gasteiger partial charge >= 0.3 is 12.1 Å². The van der Waals surface area contributed by atoms with Crippen molar-refractivity contribution < 1.29 is 14.3 Å². The fourth-order valence-corrected chi connectivity index (χ4v) is 3.81. The van der Waals surface area contributed by atoms with Crippen LogP contribution in [0.2, 0.25) is 5.02 Å². The predicted octanol–water partition coefficient (Wildman–Crippen LogP) is 6.19. The third-order valence-corrected chi connectivity index (χ3v) is 5.56. The molecule has 10 heteroatoms. The fraction of sp³-hybridized carbons (Fsp3) is 0.0455. The molecule has 0 bridgehead atoms. The number of amides is 3. The molecule has 0 unspecified atom stereocenters. The van der Waals surface area contributed by atoms with Crippen molar-refractivity contribution >= 4 is 63.8 Å². The van der Waals surface area contributed by atoms with E-state index in [2.05, 4.69) is 30.7 Å². The van der Waals surface area contributed by atoms with Gasteiger partial charge in [-0.05, 0) is 66.7 Å². The van der Waals surface area contributed by atoms with Crippen LogP contribution in [0.1, 0.15) is 0 Å². The lowest BCUT2D eigenvalue weighted by atomic mass is 10.3. The summed E-state index contributed by atoms with van der Waals surface area (Å²) in [5, 5.41) is 8.66. The third kappa shape index (κ3) is 5.51. The van der Waals surface area contributed by atoms with E-state index in [4.69, 9.17) is 11.6 Å². The Bertz CT molecular complexity index is 1260. The van der Waals surface area contributed by atoms with Crippen molar-refractivity contribution in [1.29, 1.82) is 0 Å². The van der Waals surface area contributed by atoms with Gasteiger partial charge in [0.25, 0.3) is 0 Å². The molecular formula is C22H18ClN5O3S. The number of methoxy groups -OCH3 is 1. The molecule has 0 saturated heterocycles. The molecule has 8 nitrogen and oxygen atoms in total. The molecule has 3 aromatic carbocycles. The lowest BCUT2D eigenvalue weighted by Crippen LogP contribution is -2.19. The van der Waals surface area contributed by atoms with Crippen LogP contribution in [0.4, 0.5) is 26.9 Å². The summed E-state index contributed by atoms with van der Waals surface area (Å²) in [6.45, 7) is 0. The Kier molecular flexibility index (Phi) is 6.48. The first-order valence-corrected chi connectivity index (χ1v) is 10.6. The number of halogens is 1. The largest absolute Gasteiger partial charge is 0.453 e.